The quantitative estimate of drug-likeness (QED) is 0.750. The molecule has 3 rings (SSSR count). The molecule has 0 saturated carbocycles. The summed E-state index contributed by atoms with van der Waals surface area (Å²) in [5.74, 6) is 0.193. The van der Waals surface area contributed by atoms with Gasteiger partial charge in [0.25, 0.3) is 0 Å². The topological polar surface area (TPSA) is 58.9 Å². The Labute approximate surface area is 109 Å². The van der Waals surface area contributed by atoms with Crippen LogP contribution < -0.4 is 0 Å². The third-order valence-corrected chi connectivity index (χ3v) is 3.72. The molecule has 2 aromatic heterocycles. The van der Waals surface area contributed by atoms with Gasteiger partial charge in [0.05, 0.1) is 5.56 Å². The zero-order chi connectivity index (χ0) is 11.8. The molecule has 0 aliphatic rings. The zero-order valence-electron chi connectivity index (χ0n) is 8.46. The minimum Gasteiger partial charge on any atom is -0.507 e. The van der Waals surface area contributed by atoms with Crippen molar-refractivity contribution in [1.29, 1.82) is 0 Å². The van der Waals surface area contributed by atoms with E-state index in [1.165, 1.54) is 11.3 Å². The molecule has 0 amide bonds. The van der Waals surface area contributed by atoms with Gasteiger partial charge in [0, 0.05) is 16.9 Å². The molecule has 4 nitrogen and oxygen atoms in total. The van der Waals surface area contributed by atoms with Crippen molar-refractivity contribution in [2.75, 3.05) is 0 Å². The normalized spacial score (nSPS) is 10.9. The van der Waals surface area contributed by atoms with Crippen LogP contribution in [-0.4, -0.2) is 20.1 Å². The van der Waals surface area contributed by atoms with Gasteiger partial charge >= 0.3 is 0 Å². The SMILES string of the molecule is Oc1cc(Br)ccc1-c1nc2nccnc2s1. The van der Waals surface area contributed by atoms with Crippen LogP contribution in [0.15, 0.2) is 35.1 Å². The lowest BCUT2D eigenvalue weighted by Crippen LogP contribution is -1.79. The lowest BCUT2D eigenvalue weighted by Gasteiger charge is -2.00. The Morgan fingerprint density at radius 2 is 2.00 bits per heavy atom. The second-order valence-corrected chi connectivity index (χ2v) is 5.26. The van der Waals surface area contributed by atoms with Crippen LogP contribution in [0.4, 0.5) is 0 Å². The lowest BCUT2D eigenvalue weighted by molar-refractivity contribution is 0.477. The summed E-state index contributed by atoms with van der Waals surface area (Å²) in [5.41, 5.74) is 1.30. The van der Waals surface area contributed by atoms with Crippen molar-refractivity contribution in [3.05, 3.63) is 35.1 Å². The molecular weight excluding hydrogens is 302 g/mol. The Hall–Kier alpha value is -1.53. The number of hydrogen-bond donors (Lipinski definition) is 1. The summed E-state index contributed by atoms with van der Waals surface area (Å²) in [4.78, 5) is 13.4. The maximum Gasteiger partial charge on any atom is 0.190 e. The van der Waals surface area contributed by atoms with Crippen molar-refractivity contribution in [2.45, 2.75) is 0 Å². The fraction of sp³-hybridized carbons (Fsp3) is 0. The summed E-state index contributed by atoms with van der Waals surface area (Å²) in [7, 11) is 0. The van der Waals surface area contributed by atoms with Crippen LogP contribution in [-0.2, 0) is 0 Å². The van der Waals surface area contributed by atoms with Crippen LogP contribution in [0.25, 0.3) is 21.0 Å². The Balaban J connectivity index is 2.20. The van der Waals surface area contributed by atoms with Crippen LogP contribution >= 0.6 is 27.3 Å². The summed E-state index contributed by atoms with van der Waals surface area (Å²) in [6.45, 7) is 0. The fourth-order valence-electron chi connectivity index (χ4n) is 1.48. The molecule has 1 N–H and O–H groups in total. The maximum absolute atomic E-state index is 9.87. The van der Waals surface area contributed by atoms with Crippen molar-refractivity contribution < 1.29 is 5.11 Å². The molecule has 0 saturated heterocycles. The Bertz CT molecular complexity index is 665. The van der Waals surface area contributed by atoms with Gasteiger partial charge in [0.15, 0.2) is 10.5 Å². The van der Waals surface area contributed by atoms with E-state index in [2.05, 4.69) is 30.9 Å². The molecule has 0 unspecified atom stereocenters. The number of hydrogen-bond acceptors (Lipinski definition) is 5. The second kappa shape index (κ2) is 4.05. The molecular formula is C11H6BrN3OS. The van der Waals surface area contributed by atoms with E-state index in [0.29, 0.717) is 11.2 Å². The number of phenolic OH excluding ortho intramolecular Hbond substituents is 1. The van der Waals surface area contributed by atoms with Crippen molar-refractivity contribution in [2.24, 2.45) is 0 Å². The number of fused-ring (bicyclic) bond motifs is 1. The smallest absolute Gasteiger partial charge is 0.190 e. The second-order valence-electron chi connectivity index (χ2n) is 3.37. The molecule has 3 aromatic rings. The van der Waals surface area contributed by atoms with Gasteiger partial charge in [-0.1, -0.05) is 27.3 Å². The third-order valence-electron chi connectivity index (χ3n) is 2.24. The molecule has 0 bridgehead atoms. The number of rotatable bonds is 1. The monoisotopic (exact) mass is 307 g/mol. The number of benzene rings is 1. The molecule has 0 atom stereocenters. The summed E-state index contributed by atoms with van der Waals surface area (Å²) >= 11 is 4.71. The minimum atomic E-state index is 0.193. The minimum absolute atomic E-state index is 0.193. The van der Waals surface area contributed by atoms with Gasteiger partial charge in [-0.15, -0.1) is 0 Å². The molecule has 2 heterocycles. The first kappa shape index (κ1) is 10.6. The van der Waals surface area contributed by atoms with E-state index in [-0.39, 0.29) is 5.75 Å². The van der Waals surface area contributed by atoms with Gasteiger partial charge < -0.3 is 5.11 Å². The highest BCUT2D eigenvalue weighted by molar-refractivity contribution is 9.10. The van der Waals surface area contributed by atoms with Crippen LogP contribution in [0, 0.1) is 0 Å². The fourth-order valence-corrected chi connectivity index (χ4v) is 2.73. The van der Waals surface area contributed by atoms with Crippen molar-refractivity contribution in [3.63, 3.8) is 0 Å². The summed E-state index contributed by atoms with van der Waals surface area (Å²) in [6, 6.07) is 5.32. The van der Waals surface area contributed by atoms with E-state index in [9.17, 15) is 5.11 Å². The molecule has 17 heavy (non-hydrogen) atoms. The predicted molar refractivity (Wildman–Crippen MR) is 70.0 cm³/mol. The van der Waals surface area contributed by atoms with Gasteiger partial charge in [-0.3, -0.25) is 0 Å². The zero-order valence-corrected chi connectivity index (χ0v) is 10.9. The van der Waals surface area contributed by atoms with E-state index >= 15 is 0 Å². The van der Waals surface area contributed by atoms with Gasteiger partial charge in [-0.25, -0.2) is 15.0 Å². The Morgan fingerprint density at radius 3 is 2.76 bits per heavy atom. The first-order valence-electron chi connectivity index (χ1n) is 4.80. The molecule has 1 aromatic carbocycles. The lowest BCUT2D eigenvalue weighted by atomic mass is 10.2. The van der Waals surface area contributed by atoms with Crippen molar-refractivity contribution in [1.82, 2.24) is 15.0 Å². The summed E-state index contributed by atoms with van der Waals surface area (Å²) in [5, 5.41) is 10.6. The third kappa shape index (κ3) is 1.89. The molecule has 0 fully saturated rings. The number of aromatic nitrogens is 3. The van der Waals surface area contributed by atoms with E-state index in [0.717, 1.165) is 14.3 Å². The van der Waals surface area contributed by atoms with E-state index in [1.54, 1.807) is 18.5 Å². The Morgan fingerprint density at radius 1 is 1.18 bits per heavy atom. The largest absolute Gasteiger partial charge is 0.507 e. The van der Waals surface area contributed by atoms with Crippen molar-refractivity contribution >= 4 is 37.7 Å². The summed E-state index contributed by atoms with van der Waals surface area (Å²) in [6.07, 6.45) is 3.24. The van der Waals surface area contributed by atoms with Gasteiger partial charge in [0.2, 0.25) is 0 Å². The molecule has 0 radical (unpaired) electrons. The maximum atomic E-state index is 9.87. The van der Waals surface area contributed by atoms with Crippen LogP contribution in [0.5, 0.6) is 5.75 Å². The highest BCUT2D eigenvalue weighted by Crippen LogP contribution is 2.35. The van der Waals surface area contributed by atoms with Gasteiger partial charge in [-0.05, 0) is 18.2 Å². The molecule has 0 aliphatic heterocycles. The van der Waals surface area contributed by atoms with E-state index < -0.39 is 0 Å². The van der Waals surface area contributed by atoms with Gasteiger partial charge in [-0.2, -0.15) is 0 Å². The van der Waals surface area contributed by atoms with Crippen LogP contribution in [0.1, 0.15) is 0 Å². The number of nitrogens with zero attached hydrogens (tertiary/aromatic N) is 3. The predicted octanol–water partition coefficient (Wildman–Crippen LogP) is 3.22. The molecule has 6 heteroatoms. The number of phenols is 1. The number of aromatic hydroxyl groups is 1. The standard InChI is InChI=1S/C11H6BrN3OS/c12-6-1-2-7(8(16)5-6)10-15-9-11(17-10)14-4-3-13-9/h1-5,16H. The van der Waals surface area contributed by atoms with E-state index in [1.807, 2.05) is 12.1 Å². The molecule has 84 valence electrons. The summed E-state index contributed by atoms with van der Waals surface area (Å²) < 4.78 is 0.830. The van der Waals surface area contributed by atoms with Crippen molar-refractivity contribution in [3.8, 4) is 16.3 Å². The highest BCUT2D eigenvalue weighted by Gasteiger charge is 2.11. The van der Waals surface area contributed by atoms with Gasteiger partial charge in [0.1, 0.15) is 10.8 Å². The highest BCUT2D eigenvalue weighted by atomic mass is 79.9. The average Bonchev–Trinajstić information content (AvgIpc) is 2.72. The number of thiazole rings is 1. The van der Waals surface area contributed by atoms with E-state index in [4.69, 9.17) is 0 Å². The Kier molecular flexibility index (Phi) is 2.53. The number of halogens is 1. The van der Waals surface area contributed by atoms with Crippen LogP contribution in [0.2, 0.25) is 0 Å². The molecule has 0 spiro atoms. The molecule has 0 aliphatic carbocycles. The first-order chi connectivity index (χ1) is 8.24. The average molecular weight is 308 g/mol. The first-order valence-corrected chi connectivity index (χ1v) is 6.41. The van der Waals surface area contributed by atoms with Crippen LogP contribution in [0.3, 0.4) is 0 Å².